The lowest BCUT2D eigenvalue weighted by Gasteiger charge is -2.26. The molecule has 1 fully saturated rings. The number of carbonyl (C=O) groups excluding carboxylic acids is 1. The van der Waals surface area contributed by atoms with Crippen molar-refractivity contribution in [2.75, 3.05) is 45.3 Å². The molecule has 1 aliphatic heterocycles. The fraction of sp³-hybridized carbons (Fsp3) is 0.588. The molecule has 1 heterocycles. The maximum Gasteiger partial charge on any atom is 0.236 e. The summed E-state index contributed by atoms with van der Waals surface area (Å²) >= 11 is 0. The zero-order valence-corrected chi connectivity index (χ0v) is 15.4. The lowest BCUT2D eigenvalue weighted by Crippen LogP contribution is -2.43. The van der Waals surface area contributed by atoms with Gasteiger partial charge in [0.05, 0.1) is 18.1 Å². The Morgan fingerprint density at radius 2 is 1.92 bits per heavy atom. The third-order valence-corrected chi connectivity index (χ3v) is 6.07. The zero-order chi connectivity index (χ0) is 17.7. The van der Waals surface area contributed by atoms with Gasteiger partial charge in [-0.1, -0.05) is 17.7 Å². The van der Waals surface area contributed by atoms with Crippen LogP contribution in [0.3, 0.4) is 0 Å². The molecule has 24 heavy (non-hydrogen) atoms. The highest BCUT2D eigenvalue weighted by Gasteiger charge is 2.32. The number of hydrogen-bond donors (Lipinski definition) is 0. The van der Waals surface area contributed by atoms with Gasteiger partial charge in [0.1, 0.15) is 12.4 Å². The van der Waals surface area contributed by atoms with E-state index in [1.807, 2.05) is 43.1 Å². The van der Waals surface area contributed by atoms with Crippen LogP contribution < -0.4 is 4.74 Å². The number of ether oxygens (including phenoxy) is 1. The van der Waals surface area contributed by atoms with Crippen LogP contribution in [-0.4, -0.2) is 75.5 Å². The summed E-state index contributed by atoms with van der Waals surface area (Å²) in [5.41, 5.74) is 1.18. The summed E-state index contributed by atoms with van der Waals surface area (Å²) in [4.78, 5) is 15.7. The van der Waals surface area contributed by atoms with Crippen molar-refractivity contribution >= 4 is 15.7 Å². The minimum atomic E-state index is -2.98. The Morgan fingerprint density at radius 1 is 1.25 bits per heavy atom. The first-order valence-corrected chi connectivity index (χ1v) is 9.93. The van der Waals surface area contributed by atoms with Gasteiger partial charge < -0.3 is 9.64 Å². The van der Waals surface area contributed by atoms with E-state index in [1.54, 1.807) is 11.9 Å². The number of benzene rings is 1. The van der Waals surface area contributed by atoms with Crippen molar-refractivity contribution in [3.05, 3.63) is 29.8 Å². The van der Waals surface area contributed by atoms with Crippen LogP contribution in [0, 0.1) is 6.92 Å². The molecule has 0 N–H and O–H groups in total. The average molecular weight is 354 g/mol. The maximum absolute atomic E-state index is 12.3. The van der Waals surface area contributed by atoms with Crippen LogP contribution in [0.1, 0.15) is 12.0 Å². The Labute approximate surface area is 144 Å². The van der Waals surface area contributed by atoms with Crippen LogP contribution in [-0.2, 0) is 14.6 Å². The molecule has 0 saturated carbocycles. The van der Waals surface area contributed by atoms with Gasteiger partial charge >= 0.3 is 0 Å². The van der Waals surface area contributed by atoms with E-state index in [9.17, 15) is 13.2 Å². The number of sulfone groups is 1. The van der Waals surface area contributed by atoms with Gasteiger partial charge in [0, 0.05) is 19.6 Å². The summed E-state index contributed by atoms with van der Waals surface area (Å²) in [7, 11) is 0.564. The number of likely N-dealkylation sites (N-methyl/N-ethyl adjacent to an activating group) is 2. The van der Waals surface area contributed by atoms with Crippen molar-refractivity contribution in [2.45, 2.75) is 19.4 Å². The van der Waals surface area contributed by atoms with E-state index in [-0.39, 0.29) is 30.0 Å². The zero-order valence-electron chi connectivity index (χ0n) is 14.6. The molecule has 1 aliphatic rings. The topological polar surface area (TPSA) is 66.9 Å². The van der Waals surface area contributed by atoms with Crippen LogP contribution in [0.25, 0.3) is 0 Å². The SMILES string of the molecule is Cc1ccc(OCCN(C)CC(=O)N(C)C2CCS(=O)(=O)C2)cc1. The molecule has 0 bridgehead atoms. The summed E-state index contributed by atoms with van der Waals surface area (Å²) in [6, 6.07) is 7.64. The van der Waals surface area contributed by atoms with Gasteiger partial charge in [0.2, 0.25) is 5.91 Å². The third-order valence-electron chi connectivity index (χ3n) is 4.32. The van der Waals surface area contributed by atoms with E-state index < -0.39 is 9.84 Å². The minimum Gasteiger partial charge on any atom is -0.492 e. The summed E-state index contributed by atoms with van der Waals surface area (Å²) < 4.78 is 28.7. The Hall–Kier alpha value is -1.60. The Balaban J connectivity index is 1.72. The molecule has 1 aromatic rings. The summed E-state index contributed by atoms with van der Waals surface area (Å²) in [6.07, 6.45) is 0.533. The van der Waals surface area contributed by atoms with Crippen LogP contribution in [0.15, 0.2) is 24.3 Å². The van der Waals surface area contributed by atoms with Gasteiger partial charge in [-0.15, -0.1) is 0 Å². The van der Waals surface area contributed by atoms with Gasteiger partial charge in [-0.2, -0.15) is 0 Å². The van der Waals surface area contributed by atoms with Gasteiger partial charge in [0.15, 0.2) is 9.84 Å². The predicted molar refractivity (Wildman–Crippen MR) is 94.0 cm³/mol. The molecule has 0 aliphatic carbocycles. The first-order chi connectivity index (χ1) is 11.3. The standard InChI is InChI=1S/C17H26N2O4S/c1-14-4-6-16(7-5-14)23-10-9-18(2)12-17(20)19(3)15-8-11-24(21,22)13-15/h4-7,15H,8-13H2,1-3H3. The molecule has 0 spiro atoms. The van der Waals surface area contributed by atoms with Crippen molar-refractivity contribution in [3.8, 4) is 5.75 Å². The van der Waals surface area contributed by atoms with E-state index in [2.05, 4.69) is 0 Å². The number of rotatable bonds is 7. The molecule has 1 atom stereocenters. The second-order valence-corrected chi connectivity index (χ2v) is 8.69. The molecule has 134 valence electrons. The highest BCUT2D eigenvalue weighted by Crippen LogP contribution is 2.16. The molecule has 1 amide bonds. The molecule has 1 saturated heterocycles. The van der Waals surface area contributed by atoms with Gasteiger partial charge in [0.25, 0.3) is 0 Å². The van der Waals surface area contributed by atoms with Crippen LogP contribution in [0.2, 0.25) is 0 Å². The second kappa shape index (κ2) is 7.98. The fourth-order valence-corrected chi connectivity index (χ4v) is 4.43. The van der Waals surface area contributed by atoms with Crippen molar-refractivity contribution in [3.63, 3.8) is 0 Å². The van der Waals surface area contributed by atoms with Gasteiger partial charge in [-0.05, 0) is 32.5 Å². The van der Waals surface area contributed by atoms with E-state index in [0.29, 0.717) is 19.6 Å². The molecule has 2 rings (SSSR count). The largest absolute Gasteiger partial charge is 0.492 e. The van der Waals surface area contributed by atoms with E-state index >= 15 is 0 Å². The van der Waals surface area contributed by atoms with Gasteiger partial charge in [-0.3, -0.25) is 9.69 Å². The second-order valence-electron chi connectivity index (χ2n) is 6.46. The molecule has 0 aromatic heterocycles. The average Bonchev–Trinajstić information content (AvgIpc) is 2.88. The molecule has 6 nitrogen and oxygen atoms in total. The highest BCUT2D eigenvalue weighted by atomic mass is 32.2. The molecular weight excluding hydrogens is 328 g/mol. The smallest absolute Gasteiger partial charge is 0.236 e. The molecular formula is C17H26N2O4S. The van der Waals surface area contributed by atoms with Gasteiger partial charge in [-0.25, -0.2) is 8.42 Å². The number of aryl methyl sites for hydroxylation is 1. The highest BCUT2D eigenvalue weighted by molar-refractivity contribution is 7.91. The molecule has 1 unspecified atom stereocenters. The van der Waals surface area contributed by atoms with Crippen molar-refractivity contribution in [2.24, 2.45) is 0 Å². The van der Waals surface area contributed by atoms with E-state index in [4.69, 9.17) is 4.74 Å². The third kappa shape index (κ3) is 5.49. The lowest BCUT2D eigenvalue weighted by atomic mass is 10.2. The van der Waals surface area contributed by atoms with Crippen molar-refractivity contribution in [1.82, 2.24) is 9.80 Å². The van der Waals surface area contributed by atoms with Crippen LogP contribution in [0.4, 0.5) is 0 Å². The first kappa shape index (κ1) is 18.7. The van der Waals surface area contributed by atoms with Crippen molar-refractivity contribution < 1.29 is 17.9 Å². The molecule has 7 heteroatoms. The number of amides is 1. The van der Waals surface area contributed by atoms with E-state index in [1.165, 1.54) is 5.56 Å². The Kier molecular flexibility index (Phi) is 6.23. The Morgan fingerprint density at radius 3 is 2.50 bits per heavy atom. The maximum atomic E-state index is 12.3. The summed E-state index contributed by atoms with van der Waals surface area (Å²) in [6.45, 7) is 3.39. The summed E-state index contributed by atoms with van der Waals surface area (Å²) in [5.74, 6) is 1.01. The predicted octanol–water partition coefficient (Wildman–Crippen LogP) is 0.951. The fourth-order valence-electron chi connectivity index (χ4n) is 2.66. The number of carbonyl (C=O) groups is 1. The quantitative estimate of drug-likeness (QED) is 0.729. The monoisotopic (exact) mass is 354 g/mol. The van der Waals surface area contributed by atoms with Crippen LogP contribution in [0.5, 0.6) is 5.75 Å². The number of nitrogens with zero attached hydrogens (tertiary/aromatic N) is 2. The minimum absolute atomic E-state index is 0.0602. The molecule has 1 aromatic carbocycles. The normalized spacial score (nSPS) is 19.4. The first-order valence-electron chi connectivity index (χ1n) is 8.11. The summed E-state index contributed by atoms with van der Waals surface area (Å²) in [5, 5.41) is 0. The number of hydrogen-bond acceptors (Lipinski definition) is 5. The van der Waals surface area contributed by atoms with Crippen LogP contribution >= 0.6 is 0 Å². The lowest BCUT2D eigenvalue weighted by molar-refractivity contribution is -0.132. The Bertz CT molecular complexity index is 658. The molecule has 0 radical (unpaired) electrons. The van der Waals surface area contributed by atoms with E-state index in [0.717, 1.165) is 5.75 Å². The van der Waals surface area contributed by atoms with Crippen molar-refractivity contribution in [1.29, 1.82) is 0 Å².